The Kier molecular flexibility index (Phi) is 5.70. The van der Waals surface area contributed by atoms with Crippen molar-refractivity contribution in [3.05, 3.63) is 35.9 Å². The summed E-state index contributed by atoms with van der Waals surface area (Å²) in [4.78, 5) is 13.8. The minimum absolute atomic E-state index is 0.0920. The Morgan fingerprint density at radius 3 is 2.53 bits per heavy atom. The third kappa shape index (κ3) is 5.00. The van der Waals surface area contributed by atoms with Crippen LogP contribution in [0.3, 0.4) is 0 Å². The van der Waals surface area contributed by atoms with Crippen LogP contribution in [-0.2, 0) is 11.3 Å². The highest BCUT2D eigenvalue weighted by Crippen LogP contribution is 2.07. The zero-order valence-electron chi connectivity index (χ0n) is 10.7. The molecule has 0 aliphatic carbocycles. The van der Waals surface area contributed by atoms with Gasteiger partial charge < -0.3 is 10.6 Å². The molecule has 0 spiro atoms. The zero-order valence-corrected chi connectivity index (χ0v) is 10.7. The summed E-state index contributed by atoms with van der Waals surface area (Å²) in [6.45, 7) is 5.37. The number of hydrogen-bond acceptors (Lipinski definition) is 2. The first-order valence-corrected chi connectivity index (χ1v) is 6.20. The Bertz CT molecular complexity index is 335. The van der Waals surface area contributed by atoms with Gasteiger partial charge in [0.1, 0.15) is 0 Å². The van der Waals surface area contributed by atoms with E-state index < -0.39 is 0 Å². The molecule has 1 unspecified atom stereocenters. The number of nitrogens with two attached hydrogens (primary N) is 1. The molecule has 0 radical (unpaired) electrons. The van der Waals surface area contributed by atoms with Crippen LogP contribution in [0, 0.1) is 0 Å². The van der Waals surface area contributed by atoms with Crippen LogP contribution in [0.15, 0.2) is 30.3 Å². The number of nitrogens with zero attached hydrogens (tertiary/aromatic N) is 1. The summed E-state index contributed by atoms with van der Waals surface area (Å²) in [6, 6.07) is 10.2. The van der Waals surface area contributed by atoms with Crippen LogP contribution in [0.1, 0.15) is 32.3 Å². The van der Waals surface area contributed by atoms with Crippen LogP contribution >= 0.6 is 0 Å². The molecular weight excluding hydrogens is 212 g/mol. The molecule has 94 valence electrons. The van der Waals surface area contributed by atoms with E-state index >= 15 is 0 Å². The minimum Gasteiger partial charge on any atom is -0.339 e. The Hall–Kier alpha value is -1.35. The highest BCUT2D eigenvalue weighted by molar-refractivity contribution is 5.76. The van der Waals surface area contributed by atoms with Crippen molar-refractivity contribution >= 4 is 5.91 Å². The highest BCUT2D eigenvalue weighted by atomic mass is 16.2. The van der Waals surface area contributed by atoms with Crippen molar-refractivity contribution in [1.29, 1.82) is 0 Å². The maximum Gasteiger partial charge on any atom is 0.222 e. The fraction of sp³-hybridized carbons (Fsp3) is 0.500. The van der Waals surface area contributed by atoms with Crippen LogP contribution < -0.4 is 5.73 Å². The average molecular weight is 234 g/mol. The summed E-state index contributed by atoms with van der Waals surface area (Å²) in [5, 5.41) is 0. The van der Waals surface area contributed by atoms with Crippen molar-refractivity contribution in [3.8, 4) is 0 Å². The fourth-order valence-corrected chi connectivity index (χ4v) is 1.69. The van der Waals surface area contributed by atoms with E-state index in [2.05, 4.69) is 0 Å². The van der Waals surface area contributed by atoms with Crippen LogP contribution in [-0.4, -0.2) is 23.4 Å². The van der Waals surface area contributed by atoms with Gasteiger partial charge in [0.15, 0.2) is 0 Å². The zero-order chi connectivity index (χ0) is 12.7. The summed E-state index contributed by atoms with van der Waals surface area (Å²) < 4.78 is 0. The van der Waals surface area contributed by atoms with Gasteiger partial charge in [0, 0.05) is 25.6 Å². The first kappa shape index (κ1) is 13.7. The van der Waals surface area contributed by atoms with Gasteiger partial charge in [-0.1, -0.05) is 30.3 Å². The van der Waals surface area contributed by atoms with E-state index in [1.807, 2.05) is 49.1 Å². The van der Waals surface area contributed by atoms with E-state index in [0.717, 1.165) is 13.0 Å². The molecule has 1 rings (SSSR count). The summed E-state index contributed by atoms with van der Waals surface area (Å²) in [7, 11) is 0. The molecule has 17 heavy (non-hydrogen) atoms. The molecule has 2 N–H and O–H groups in total. The first-order chi connectivity index (χ1) is 8.13. The number of carbonyl (C=O) groups is 1. The van der Waals surface area contributed by atoms with Gasteiger partial charge in [-0.15, -0.1) is 0 Å². The lowest BCUT2D eigenvalue weighted by molar-refractivity contribution is -0.131. The van der Waals surface area contributed by atoms with E-state index in [1.165, 1.54) is 5.56 Å². The topological polar surface area (TPSA) is 46.3 Å². The molecule has 0 aliphatic heterocycles. The Labute approximate surface area is 104 Å². The molecule has 0 aliphatic rings. The first-order valence-electron chi connectivity index (χ1n) is 6.20. The summed E-state index contributed by atoms with van der Waals surface area (Å²) in [6.07, 6.45) is 1.29. The molecule has 3 heteroatoms. The second-order valence-electron chi connectivity index (χ2n) is 4.41. The molecule has 0 saturated heterocycles. The lowest BCUT2D eigenvalue weighted by Gasteiger charge is -2.21. The molecule has 1 aromatic carbocycles. The molecule has 1 atom stereocenters. The number of hydrogen-bond donors (Lipinski definition) is 1. The van der Waals surface area contributed by atoms with E-state index in [9.17, 15) is 4.79 Å². The molecule has 1 aromatic rings. The second-order valence-corrected chi connectivity index (χ2v) is 4.41. The monoisotopic (exact) mass is 234 g/mol. The molecule has 0 aromatic heterocycles. The third-order valence-corrected chi connectivity index (χ3v) is 2.76. The van der Waals surface area contributed by atoms with Crippen molar-refractivity contribution < 1.29 is 4.79 Å². The van der Waals surface area contributed by atoms with Crippen LogP contribution in [0.2, 0.25) is 0 Å². The number of carbonyl (C=O) groups excluding carboxylic acids is 1. The van der Waals surface area contributed by atoms with Gasteiger partial charge in [-0.05, 0) is 25.8 Å². The number of rotatable bonds is 6. The van der Waals surface area contributed by atoms with E-state index in [0.29, 0.717) is 13.0 Å². The Morgan fingerprint density at radius 2 is 2.00 bits per heavy atom. The third-order valence-electron chi connectivity index (χ3n) is 2.76. The van der Waals surface area contributed by atoms with Crippen LogP contribution in [0.25, 0.3) is 0 Å². The molecule has 0 heterocycles. The van der Waals surface area contributed by atoms with Gasteiger partial charge in [-0.3, -0.25) is 4.79 Å². The van der Waals surface area contributed by atoms with Crippen molar-refractivity contribution in [1.82, 2.24) is 4.90 Å². The smallest absolute Gasteiger partial charge is 0.222 e. The predicted octanol–water partition coefficient (Wildman–Crippen LogP) is 2.16. The fourth-order valence-electron chi connectivity index (χ4n) is 1.69. The quantitative estimate of drug-likeness (QED) is 0.820. The van der Waals surface area contributed by atoms with Crippen molar-refractivity contribution in [3.63, 3.8) is 0 Å². The normalized spacial score (nSPS) is 12.2. The standard InChI is InChI=1S/C14H22N2O/c1-3-16(14(17)10-9-12(2)15)11-13-7-5-4-6-8-13/h4-8,12H,3,9-11,15H2,1-2H3. The van der Waals surface area contributed by atoms with Crippen LogP contribution in [0.5, 0.6) is 0 Å². The molecule has 0 saturated carbocycles. The van der Waals surface area contributed by atoms with Crippen molar-refractivity contribution in [2.24, 2.45) is 5.73 Å². The number of benzene rings is 1. The maximum atomic E-state index is 12.0. The lowest BCUT2D eigenvalue weighted by Crippen LogP contribution is -2.31. The second kappa shape index (κ2) is 7.07. The van der Waals surface area contributed by atoms with Crippen LogP contribution in [0.4, 0.5) is 0 Å². The van der Waals surface area contributed by atoms with Gasteiger partial charge in [-0.2, -0.15) is 0 Å². The largest absolute Gasteiger partial charge is 0.339 e. The highest BCUT2D eigenvalue weighted by Gasteiger charge is 2.12. The summed E-state index contributed by atoms with van der Waals surface area (Å²) in [5.74, 6) is 0.189. The molecule has 0 bridgehead atoms. The van der Waals surface area contributed by atoms with Gasteiger partial charge >= 0.3 is 0 Å². The Morgan fingerprint density at radius 1 is 1.35 bits per heavy atom. The molecule has 1 amide bonds. The van der Waals surface area contributed by atoms with E-state index in [4.69, 9.17) is 5.73 Å². The van der Waals surface area contributed by atoms with Gasteiger partial charge in [0.25, 0.3) is 0 Å². The summed E-state index contributed by atoms with van der Waals surface area (Å²) in [5.41, 5.74) is 6.83. The van der Waals surface area contributed by atoms with Gasteiger partial charge in [0.05, 0.1) is 0 Å². The molecular formula is C14H22N2O. The van der Waals surface area contributed by atoms with Crippen molar-refractivity contribution in [2.45, 2.75) is 39.3 Å². The lowest BCUT2D eigenvalue weighted by atomic mass is 10.1. The van der Waals surface area contributed by atoms with E-state index in [-0.39, 0.29) is 11.9 Å². The SMILES string of the molecule is CCN(Cc1ccccc1)C(=O)CCC(C)N. The minimum atomic E-state index is 0.0920. The maximum absolute atomic E-state index is 12.0. The predicted molar refractivity (Wildman–Crippen MR) is 70.4 cm³/mol. The molecule has 0 fully saturated rings. The average Bonchev–Trinajstić information content (AvgIpc) is 2.34. The Balaban J connectivity index is 2.51. The van der Waals surface area contributed by atoms with Gasteiger partial charge in [-0.25, -0.2) is 0 Å². The number of amides is 1. The summed E-state index contributed by atoms with van der Waals surface area (Å²) >= 11 is 0. The molecule has 3 nitrogen and oxygen atoms in total. The van der Waals surface area contributed by atoms with Gasteiger partial charge in [0.2, 0.25) is 5.91 Å². The van der Waals surface area contributed by atoms with E-state index in [1.54, 1.807) is 0 Å². The van der Waals surface area contributed by atoms with Crippen molar-refractivity contribution in [2.75, 3.05) is 6.54 Å².